The highest BCUT2D eigenvalue weighted by Crippen LogP contribution is 2.33. The van der Waals surface area contributed by atoms with Gasteiger partial charge in [0.2, 0.25) is 5.91 Å². The number of nitrogens with zero attached hydrogens (tertiary/aromatic N) is 1. The number of methoxy groups -OCH3 is 3. The molecule has 4 rings (SSSR count). The lowest BCUT2D eigenvalue weighted by Crippen LogP contribution is -2.28. The van der Waals surface area contributed by atoms with Gasteiger partial charge in [-0.25, -0.2) is 0 Å². The second kappa shape index (κ2) is 12.0. The normalized spacial score (nSPS) is 14.6. The number of hydrogen-bond acceptors (Lipinski definition) is 8. The zero-order chi connectivity index (χ0) is 27.1. The highest BCUT2D eigenvalue weighted by molar-refractivity contribution is 6.00. The van der Waals surface area contributed by atoms with Crippen molar-refractivity contribution in [1.82, 2.24) is 0 Å². The molecule has 1 heterocycles. The van der Waals surface area contributed by atoms with Gasteiger partial charge in [-0.05, 0) is 48.5 Å². The summed E-state index contributed by atoms with van der Waals surface area (Å²) in [5.74, 6) is 0.665. The van der Waals surface area contributed by atoms with Crippen LogP contribution in [0.15, 0.2) is 66.7 Å². The first kappa shape index (κ1) is 26.3. The van der Waals surface area contributed by atoms with Crippen LogP contribution in [0.5, 0.6) is 28.7 Å². The minimum atomic E-state index is -0.685. The number of carbonyl (C=O) groups is 3. The van der Waals surface area contributed by atoms with Gasteiger partial charge in [0.05, 0.1) is 32.9 Å². The Labute approximate surface area is 220 Å². The molecule has 3 aromatic carbocycles. The maximum atomic E-state index is 12.6. The fourth-order valence-corrected chi connectivity index (χ4v) is 3.98. The number of ether oxygens (including phenoxy) is 5. The Morgan fingerprint density at radius 2 is 1.55 bits per heavy atom. The molecule has 0 saturated carbocycles. The minimum absolute atomic E-state index is 0.00772. The van der Waals surface area contributed by atoms with Crippen LogP contribution < -0.4 is 29.2 Å². The molecule has 1 aliphatic heterocycles. The fourth-order valence-electron chi connectivity index (χ4n) is 3.98. The van der Waals surface area contributed by atoms with Crippen molar-refractivity contribution < 1.29 is 38.1 Å². The Morgan fingerprint density at radius 3 is 2.24 bits per heavy atom. The van der Waals surface area contributed by atoms with Crippen LogP contribution in [0.4, 0.5) is 11.4 Å². The summed E-state index contributed by atoms with van der Waals surface area (Å²) in [6, 6.07) is 19.1. The van der Waals surface area contributed by atoms with E-state index in [0.717, 1.165) is 0 Å². The number of amides is 2. The Bertz CT molecular complexity index is 1310. The van der Waals surface area contributed by atoms with E-state index in [2.05, 4.69) is 5.32 Å². The maximum absolute atomic E-state index is 12.6. The van der Waals surface area contributed by atoms with E-state index < -0.39 is 24.4 Å². The minimum Gasteiger partial charge on any atom is -0.497 e. The molecule has 0 aromatic heterocycles. The molecular weight excluding hydrogens is 492 g/mol. The number of anilines is 2. The Balaban J connectivity index is 1.30. The molecule has 0 spiro atoms. The fraction of sp³-hybridized carbons (Fsp3) is 0.250. The van der Waals surface area contributed by atoms with Crippen molar-refractivity contribution >= 4 is 29.2 Å². The van der Waals surface area contributed by atoms with E-state index in [1.165, 1.54) is 19.1 Å². The molecule has 3 aromatic rings. The van der Waals surface area contributed by atoms with Crippen molar-refractivity contribution in [3.63, 3.8) is 0 Å². The van der Waals surface area contributed by atoms with Gasteiger partial charge in [-0.3, -0.25) is 14.4 Å². The average Bonchev–Trinajstić information content (AvgIpc) is 3.34. The Morgan fingerprint density at radius 1 is 0.868 bits per heavy atom. The topological polar surface area (TPSA) is 113 Å². The number of benzene rings is 3. The summed E-state index contributed by atoms with van der Waals surface area (Å²) < 4.78 is 26.7. The summed E-state index contributed by atoms with van der Waals surface area (Å²) in [5, 5.41) is 2.64. The number of rotatable bonds is 10. The van der Waals surface area contributed by atoms with Crippen molar-refractivity contribution in [3.8, 4) is 28.7 Å². The predicted octanol–water partition coefficient (Wildman–Crippen LogP) is 4.04. The smallest absolute Gasteiger partial charge is 0.311 e. The lowest BCUT2D eigenvalue weighted by Gasteiger charge is -2.17. The van der Waals surface area contributed by atoms with Crippen LogP contribution in [-0.2, 0) is 19.1 Å². The number of hydrogen-bond donors (Lipinski definition) is 1. The monoisotopic (exact) mass is 520 g/mol. The van der Waals surface area contributed by atoms with E-state index in [-0.39, 0.29) is 18.9 Å². The standard InChI is InChI=1S/C28H28N2O8/c1-34-21-12-13-22(25(15-21)36-3)29-26(31)17-37-28(33)18-14-27(32)30(16-18)19-8-10-20(11-9-19)38-24-7-5-4-6-23(24)35-2/h4-13,15,18H,14,16-17H2,1-3H3,(H,29,31)/t18-/m0/s1. The van der Waals surface area contributed by atoms with Gasteiger partial charge in [0.1, 0.15) is 17.2 Å². The van der Waals surface area contributed by atoms with E-state index in [4.69, 9.17) is 23.7 Å². The number of nitrogens with one attached hydrogen (secondary N) is 1. The number of para-hydroxylation sites is 2. The highest BCUT2D eigenvalue weighted by atomic mass is 16.5. The molecule has 1 fully saturated rings. The zero-order valence-corrected chi connectivity index (χ0v) is 21.3. The summed E-state index contributed by atoms with van der Waals surface area (Å²) in [4.78, 5) is 39.1. The zero-order valence-electron chi connectivity index (χ0n) is 21.3. The van der Waals surface area contributed by atoms with Crippen LogP contribution in [-0.4, -0.2) is 52.3 Å². The Kier molecular flexibility index (Phi) is 8.32. The van der Waals surface area contributed by atoms with Crippen LogP contribution >= 0.6 is 0 Å². The number of esters is 1. The molecule has 198 valence electrons. The molecule has 1 aliphatic rings. The van der Waals surface area contributed by atoms with E-state index >= 15 is 0 Å². The number of carbonyl (C=O) groups excluding carboxylic acids is 3. The first-order valence-electron chi connectivity index (χ1n) is 11.8. The van der Waals surface area contributed by atoms with Gasteiger partial charge in [-0.1, -0.05) is 12.1 Å². The van der Waals surface area contributed by atoms with E-state index in [1.807, 2.05) is 12.1 Å². The molecule has 1 atom stereocenters. The van der Waals surface area contributed by atoms with Crippen molar-refractivity contribution in [2.45, 2.75) is 6.42 Å². The third-order valence-electron chi connectivity index (χ3n) is 5.93. The molecule has 10 heteroatoms. The van der Waals surface area contributed by atoms with Gasteiger partial charge in [-0.15, -0.1) is 0 Å². The first-order chi connectivity index (χ1) is 18.4. The van der Waals surface area contributed by atoms with Crippen LogP contribution in [0, 0.1) is 5.92 Å². The molecule has 0 aliphatic carbocycles. The van der Waals surface area contributed by atoms with Crippen molar-refractivity contribution in [2.24, 2.45) is 5.92 Å². The highest BCUT2D eigenvalue weighted by Gasteiger charge is 2.36. The summed E-state index contributed by atoms with van der Waals surface area (Å²) in [7, 11) is 4.55. The Hall–Kier alpha value is -4.73. The molecule has 10 nitrogen and oxygen atoms in total. The maximum Gasteiger partial charge on any atom is 0.311 e. The molecular formula is C28H28N2O8. The molecule has 0 unspecified atom stereocenters. The molecule has 2 amide bonds. The predicted molar refractivity (Wildman–Crippen MR) is 139 cm³/mol. The molecule has 0 radical (unpaired) electrons. The van der Waals surface area contributed by atoms with E-state index in [0.29, 0.717) is 40.1 Å². The van der Waals surface area contributed by atoms with Crippen LogP contribution in [0.2, 0.25) is 0 Å². The summed E-state index contributed by atoms with van der Waals surface area (Å²) >= 11 is 0. The van der Waals surface area contributed by atoms with Gasteiger partial charge >= 0.3 is 5.97 Å². The second-order valence-electron chi connectivity index (χ2n) is 8.37. The van der Waals surface area contributed by atoms with Gasteiger partial charge in [0.15, 0.2) is 18.1 Å². The van der Waals surface area contributed by atoms with Crippen LogP contribution in [0.25, 0.3) is 0 Å². The third-order valence-corrected chi connectivity index (χ3v) is 5.93. The first-order valence-corrected chi connectivity index (χ1v) is 11.8. The molecule has 1 saturated heterocycles. The van der Waals surface area contributed by atoms with Crippen LogP contribution in [0.3, 0.4) is 0 Å². The SMILES string of the molecule is COc1ccc(NC(=O)COC(=O)[C@H]2CC(=O)N(c3ccc(Oc4ccccc4OC)cc3)C2)c(OC)c1. The van der Waals surface area contributed by atoms with Gasteiger partial charge in [0, 0.05) is 24.7 Å². The van der Waals surface area contributed by atoms with E-state index in [1.54, 1.807) is 61.7 Å². The van der Waals surface area contributed by atoms with Gasteiger partial charge < -0.3 is 33.9 Å². The second-order valence-corrected chi connectivity index (χ2v) is 8.37. The largest absolute Gasteiger partial charge is 0.497 e. The lowest BCUT2D eigenvalue weighted by molar-refractivity contribution is -0.151. The molecule has 38 heavy (non-hydrogen) atoms. The summed E-state index contributed by atoms with van der Waals surface area (Å²) in [5.41, 5.74) is 1.04. The summed E-state index contributed by atoms with van der Waals surface area (Å²) in [6.45, 7) is -0.341. The average molecular weight is 521 g/mol. The van der Waals surface area contributed by atoms with Crippen molar-refractivity contribution in [3.05, 3.63) is 66.7 Å². The third kappa shape index (κ3) is 6.15. The van der Waals surface area contributed by atoms with Crippen molar-refractivity contribution in [1.29, 1.82) is 0 Å². The quantitative estimate of drug-likeness (QED) is 0.399. The lowest BCUT2D eigenvalue weighted by atomic mass is 10.1. The van der Waals surface area contributed by atoms with Crippen LogP contribution in [0.1, 0.15) is 6.42 Å². The summed E-state index contributed by atoms with van der Waals surface area (Å²) in [6.07, 6.45) is -0.00772. The van der Waals surface area contributed by atoms with Crippen molar-refractivity contribution in [2.75, 3.05) is 44.7 Å². The molecule has 1 N–H and O–H groups in total. The molecule has 0 bridgehead atoms. The van der Waals surface area contributed by atoms with Gasteiger partial charge in [0.25, 0.3) is 5.91 Å². The van der Waals surface area contributed by atoms with E-state index in [9.17, 15) is 14.4 Å². The van der Waals surface area contributed by atoms with Gasteiger partial charge in [-0.2, -0.15) is 0 Å².